The summed E-state index contributed by atoms with van der Waals surface area (Å²) in [6.07, 6.45) is 4.06. The quantitative estimate of drug-likeness (QED) is 0.353. The summed E-state index contributed by atoms with van der Waals surface area (Å²) >= 11 is 0. The largest absolute Gasteiger partial charge is 0.352 e. The third kappa shape index (κ3) is 3.93. The number of fused-ring (bicyclic) bond motifs is 6. The summed E-state index contributed by atoms with van der Waals surface area (Å²) in [6.45, 7) is 12.0. The maximum atomic E-state index is 14.9. The van der Waals surface area contributed by atoms with Gasteiger partial charge in [0.2, 0.25) is 5.91 Å². The van der Waals surface area contributed by atoms with Crippen LogP contribution in [0.25, 0.3) is 5.57 Å². The van der Waals surface area contributed by atoms with Gasteiger partial charge < -0.3 is 10.2 Å². The number of carbonyl (C=O) groups is 3. The standard InChI is InChI=1S/C36H38N2O3/c1-7-10-23-14-16-24(17-15-23)32(39)30-31(33(40)35(4,5)6)38-28-18-13-21(2)19-25(28)22(3)20-29(38)36(30)26-11-8-9-12-27(26)37-34(36)41/h8-9,11-20,29-31H,7,10H2,1-6H3,(H,37,41)/t29-,30+,31+,36-/m1/s1. The molecule has 0 bridgehead atoms. The predicted octanol–water partition coefficient (Wildman–Crippen LogP) is 6.93. The van der Waals surface area contributed by atoms with Gasteiger partial charge in [-0.1, -0.05) is 94.3 Å². The Kier molecular flexibility index (Phi) is 6.33. The molecule has 1 fully saturated rings. The fourth-order valence-electron chi connectivity index (χ4n) is 7.29. The third-order valence-electron chi connectivity index (χ3n) is 9.20. The van der Waals surface area contributed by atoms with Crippen LogP contribution in [0.1, 0.15) is 73.7 Å². The van der Waals surface area contributed by atoms with Gasteiger partial charge in [0.05, 0.1) is 12.0 Å². The average Bonchev–Trinajstić information content (AvgIpc) is 3.40. The second-order valence-electron chi connectivity index (χ2n) is 12.9. The number of carbonyl (C=O) groups excluding carboxylic acids is 3. The van der Waals surface area contributed by atoms with Crippen LogP contribution in [0, 0.1) is 18.3 Å². The van der Waals surface area contributed by atoms with Crippen molar-refractivity contribution < 1.29 is 14.4 Å². The van der Waals surface area contributed by atoms with E-state index < -0.39 is 28.8 Å². The number of para-hydroxylation sites is 1. The molecule has 4 atom stereocenters. The fraction of sp³-hybridized carbons (Fsp3) is 0.361. The lowest BCUT2D eigenvalue weighted by atomic mass is 9.63. The van der Waals surface area contributed by atoms with Crippen molar-refractivity contribution in [2.24, 2.45) is 11.3 Å². The molecule has 5 heteroatoms. The van der Waals surface area contributed by atoms with E-state index in [0.717, 1.165) is 46.4 Å². The van der Waals surface area contributed by atoms with Gasteiger partial charge in [-0.15, -0.1) is 0 Å². The molecule has 0 unspecified atom stereocenters. The number of allylic oxidation sites excluding steroid dienone is 1. The minimum absolute atomic E-state index is 0.0445. The van der Waals surface area contributed by atoms with Gasteiger partial charge in [0.25, 0.3) is 0 Å². The first-order valence-corrected chi connectivity index (χ1v) is 14.7. The molecule has 1 N–H and O–H groups in total. The van der Waals surface area contributed by atoms with Crippen molar-refractivity contribution in [2.75, 3.05) is 10.2 Å². The highest BCUT2D eigenvalue weighted by Gasteiger charge is 2.71. The maximum absolute atomic E-state index is 14.9. The van der Waals surface area contributed by atoms with Gasteiger partial charge in [-0.2, -0.15) is 0 Å². The van der Waals surface area contributed by atoms with Crippen LogP contribution in [0.5, 0.6) is 0 Å². The summed E-state index contributed by atoms with van der Waals surface area (Å²) in [6, 6.07) is 20.3. The number of Topliss-reactive ketones (excluding diaryl/α,β-unsaturated/α-hetero) is 2. The molecule has 3 aromatic carbocycles. The topological polar surface area (TPSA) is 66.5 Å². The Morgan fingerprint density at radius 1 is 0.976 bits per heavy atom. The first kappa shape index (κ1) is 27.2. The first-order chi connectivity index (χ1) is 19.5. The van der Waals surface area contributed by atoms with Gasteiger partial charge in [-0.3, -0.25) is 14.4 Å². The van der Waals surface area contributed by atoms with E-state index >= 15 is 0 Å². The van der Waals surface area contributed by atoms with Crippen molar-refractivity contribution in [3.63, 3.8) is 0 Å². The normalized spacial score (nSPS) is 24.4. The van der Waals surface area contributed by atoms with E-state index in [4.69, 9.17) is 0 Å². The lowest BCUT2D eigenvalue weighted by Gasteiger charge is -2.40. The molecule has 6 rings (SSSR count). The zero-order valence-electron chi connectivity index (χ0n) is 24.7. The van der Waals surface area contributed by atoms with Crippen LogP contribution in [-0.4, -0.2) is 29.6 Å². The van der Waals surface area contributed by atoms with Gasteiger partial charge in [0.1, 0.15) is 11.5 Å². The fourth-order valence-corrected chi connectivity index (χ4v) is 7.29. The Bertz CT molecular complexity index is 1610. The van der Waals surface area contributed by atoms with Crippen LogP contribution in [-0.2, 0) is 21.4 Å². The number of aryl methyl sites for hydroxylation is 2. The molecule has 3 aromatic rings. The van der Waals surface area contributed by atoms with E-state index in [1.807, 2.05) is 75.4 Å². The van der Waals surface area contributed by atoms with E-state index in [1.54, 1.807) is 0 Å². The molecular formula is C36H38N2O3. The maximum Gasteiger partial charge on any atom is 0.238 e. The molecule has 5 nitrogen and oxygen atoms in total. The van der Waals surface area contributed by atoms with Crippen molar-refractivity contribution in [3.05, 3.63) is 101 Å². The van der Waals surface area contributed by atoms with Crippen molar-refractivity contribution in [1.82, 2.24) is 0 Å². The minimum atomic E-state index is -1.27. The van der Waals surface area contributed by atoms with Crippen molar-refractivity contribution >= 4 is 34.4 Å². The lowest BCUT2D eigenvalue weighted by molar-refractivity contribution is -0.128. The van der Waals surface area contributed by atoms with Gasteiger partial charge in [0, 0.05) is 27.9 Å². The van der Waals surface area contributed by atoms with Crippen LogP contribution in [0.3, 0.4) is 0 Å². The Balaban J connectivity index is 1.66. The van der Waals surface area contributed by atoms with Crippen LogP contribution in [0.4, 0.5) is 11.4 Å². The molecule has 1 amide bonds. The van der Waals surface area contributed by atoms with E-state index in [2.05, 4.69) is 49.2 Å². The van der Waals surface area contributed by atoms with Gasteiger partial charge >= 0.3 is 0 Å². The third-order valence-corrected chi connectivity index (χ3v) is 9.20. The Morgan fingerprint density at radius 3 is 2.37 bits per heavy atom. The number of amides is 1. The number of nitrogens with one attached hydrogen (secondary N) is 1. The molecule has 1 saturated heterocycles. The highest BCUT2D eigenvalue weighted by Crippen LogP contribution is 2.59. The second kappa shape index (κ2) is 9.54. The number of ketones is 2. The zero-order chi connectivity index (χ0) is 29.3. The van der Waals surface area contributed by atoms with Crippen molar-refractivity contribution in [3.8, 4) is 0 Å². The zero-order valence-corrected chi connectivity index (χ0v) is 24.7. The van der Waals surface area contributed by atoms with Crippen LogP contribution in [0.15, 0.2) is 72.8 Å². The predicted molar refractivity (Wildman–Crippen MR) is 164 cm³/mol. The highest BCUT2D eigenvalue weighted by atomic mass is 16.2. The van der Waals surface area contributed by atoms with E-state index in [-0.39, 0.29) is 17.5 Å². The average molecular weight is 547 g/mol. The van der Waals surface area contributed by atoms with Crippen LogP contribution < -0.4 is 10.2 Å². The number of nitrogens with zero attached hydrogens (tertiary/aromatic N) is 1. The van der Waals surface area contributed by atoms with E-state index in [9.17, 15) is 14.4 Å². The number of rotatable bonds is 5. The molecule has 0 aliphatic carbocycles. The summed E-state index contributed by atoms with van der Waals surface area (Å²) in [7, 11) is 0. The minimum Gasteiger partial charge on any atom is -0.352 e. The van der Waals surface area contributed by atoms with Crippen molar-refractivity contribution in [2.45, 2.75) is 71.9 Å². The SMILES string of the molecule is CCCc1ccc(C(=O)[C@@H]2[C@@H](C(=O)C(C)(C)C)N3c4ccc(C)cc4C(C)=C[C@@H]3[C@@]23C(=O)Nc2ccccc23)cc1. The Labute approximate surface area is 242 Å². The molecule has 0 aromatic heterocycles. The second-order valence-corrected chi connectivity index (χ2v) is 12.9. The highest BCUT2D eigenvalue weighted by molar-refractivity contribution is 6.17. The molecular weight excluding hydrogens is 508 g/mol. The smallest absolute Gasteiger partial charge is 0.238 e. The molecule has 41 heavy (non-hydrogen) atoms. The van der Waals surface area contributed by atoms with Crippen molar-refractivity contribution in [1.29, 1.82) is 0 Å². The van der Waals surface area contributed by atoms with Crippen LogP contribution >= 0.6 is 0 Å². The summed E-state index contributed by atoms with van der Waals surface area (Å²) in [5.74, 6) is -1.36. The summed E-state index contributed by atoms with van der Waals surface area (Å²) in [5.41, 5.74) is 5.26. The molecule has 3 aliphatic rings. The molecule has 210 valence electrons. The molecule has 3 heterocycles. The summed E-state index contributed by atoms with van der Waals surface area (Å²) < 4.78 is 0. The number of anilines is 2. The summed E-state index contributed by atoms with van der Waals surface area (Å²) in [5, 5.41) is 3.11. The summed E-state index contributed by atoms with van der Waals surface area (Å²) in [4.78, 5) is 46.0. The van der Waals surface area contributed by atoms with Crippen LogP contribution in [0.2, 0.25) is 0 Å². The lowest BCUT2D eigenvalue weighted by Crippen LogP contribution is -2.51. The molecule has 1 spiro atoms. The molecule has 0 saturated carbocycles. The molecule has 0 radical (unpaired) electrons. The van der Waals surface area contributed by atoms with E-state index in [1.165, 1.54) is 0 Å². The number of hydrogen-bond acceptors (Lipinski definition) is 4. The van der Waals surface area contributed by atoms with Gasteiger partial charge in [0.15, 0.2) is 11.6 Å². The number of benzene rings is 3. The Morgan fingerprint density at radius 2 is 1.68 bits per heavy atom. The molecule has 3 aliphatic heterocycles. The number of hydrogen-bond donors (Lipinski definition) is 1. The Hall–Kier alpha value is -3.99. The monoisotopic (exact) mass is 546 g/mol. The van der Waals surface area contributed by atoms with Gasteiger partial charge in [-0.05, 0) is 55.2 Å². The van der Waals surface area contributed by atoms with Gasteiger partial charge in [-0.25, -0.2) is 0 Å². The van der Waals surface area contributed by atoms with E-state index in [0.29, 0.717) is 11.3 Å². The first-order valence-electron chi connectivity index (χ1n) is 14.7.